The number of carboxylic acid groups (broad SMARTS) is 1. The van der Waals surface area contributed by atoms with Crippen LogP contribution in [0.2, 0.25) is 0 Å². The van der Waals surface area contributed by atoms with E-state index in [9.17, 15) is 23.9 Å². The van der Waals surface area contributed by atoms with E-state index in [1.165, 1.54) is 18.2 Å². The number of aryl methyl sites for hydroxylation is 1. The van der Waals surface area contributed by atoms with Gasteiger partial charge < -0.3 is 15.3 Å². The number of nitrogens with zero attached hydrogens (tertiary/aromatic N) is 1. The molecule has 2 aromatic rings. The second-order valence-corrected chi connectivity index (χ2v) is 7.22. The first-order valence-electron chi connectivity index (χ1n) is 9.50. The van der Waals surface area contributed by atoms with E-state index in [2.05, 4.69) is 5.32 Å². The summed E-state index contributed by atoms with van der Waals surface area (Å²) < 4.78 is 13.5. The van der Waals surface area contributed by atoms with Gasteiger partial charge in [0.05, 0.1) is 0 Å². The molecule has 7 heteroatoms. The lowest BCUT2D eigenvalue weighted by molar-refractivity contribution is -0.143. The summed E-state index contributed by atoms with van der Waals surface area (Å²) in [6.07, 6.45) is 0.915. The highest BCUT2D eigenvalue weighted by molar-refractivity contribution is 5.94. The van der Waals surface area contributed by atoms with Crippen molar-refractivity contribution in [3.8, 4) is 0 Å². The SMILES string of the molecule is Cc1cc(C(NC(=O)C2CCN(C(=O)c3ccccc3)CC2)C(=O)O)ccc1F. The Morgan fingerprint density at radius 3 is 2.34 bits per heavy atom. The van der Waals surface area contributed by atoms with Gasteiger partial charge in [-0.1, -0.05) is 30.3 Å². The molecule has 3 rings (SSSR count). The summed E-state index contributed by atoms with van der Waals surface area (Å²) in [5, 5.41) is 12.1. The molecule has 0 aromatic heterocycles. The van der Waals surface area contributed by atoms with Gasteiger partial charge in [0.15, 0.2) is 6.04 Å². The van der Waals surface area contributed by atoms with Crippen molar-refractivity contribution in [1.82, 2.24) is 10.2 Å². The summed E-state index contributed by atoms with van der Waals surface area (Å²) in [5.41, 5.74) is 1.24. The van der Waals surface area contributed by atoms with Crippen molar-refractivity contribution in [2.45, 2.75) is 25.8 Å². The number of likely N-dealkylation sites (tertiary alicyclic amines) is 1. The van der Waals surface area contributed by atoms with E-state index in [1.807, 2.05) is 6.07 Å². The molecule has 1 heterocycles. The fourth-order valence-electron chi connectivity index (χ4n) is 3.50. The van der Waals surface area contributed by atoms with Crippen LogP contribution in [0.3, 0.4) is 0 Å². The van der Waals surface area contributed by atoms with Gasteiger partial charge in [-0.2, -0.15) is 0 Å². The second kappa shape index (κ2) is 8.86. The molecule has 0 radical (unpaired) electrons. The fraction of sp³-hybridized carbons (Fsp3) is 0.318. The number of carboxylic acids is 1. The van der Waals surface area contributed by atoms with Crippen molar-refractivity contribution >= 4 is 17.8 Å². The van der Waals surface area contributed by atoms with Crippen molar-refractivity contribution < 1.29 is 23.9 Å². The lowest BCUT2D eigenvalue weighted by Crippen LogP contribution is -2.44. The van der Waals surface area contributed by atoms with E-state index in [1.54, 1.807) is 36.1 Å². The van der Waals surface area contributed by atoms with E-state index >= 15 is 0 Å². The molecule has 1 atom stereocenters. The maximum absolute atomic E-state index is 13.5. The summed E-state index contributed by atoms with van der Waals surface area (Å²) in [7, 11) is 0. The normalized spacial score (nSPS) is 15.6. The van der Waals surface area contributed by atoms with Gasteiger partial charge in [-0.05, 0) is 49.1 Å². The monoisotopic (exact) mass is 398 g/mol. The summed E-state index contributed by atoms with van der Waals surface area (Å²) in [5.74, 6) is -2.46. The Labute approximate surface area is 168 Å². The number of piperidine rings is 1. The highest BCUT2D eigenvalue weighted by Gasteiger charge is 2.31. The lowest BCUT2D eigenvalue weighted by Gasteiger charge is -2.32. The number of rotatable bonds is 5. The van der Waals surface area contributed by atoms with Gasteiger partial charge in [0.25, 0.3) is 5.91 Å². The molecule has 1 unspecified atom stereocenters. The van der Waals surface area contributed by atoms with Crippen LogP contribution in [0.15, 0.2) is 48.5 Å². The van der Waals surface area contributed by atoms with Gasteiger partial charge in [0, 0.05) is 24.6 Å². The third-order valence-electron chi connectivity index (χ3n) is 5.22. The van der Waals surface area contributed by atoms with Crippen molar-refractivity contribution in [3.05, 3.63) is 71.0 Å². The number of hydrogen-bond acceptors (Lipinski definition) is 3. The molecule has 1 saturated heterocycles. The molecule has 0 aliphatic carbocycles. The molecule has 1 aliphatic heterocycles. The Bertz CT molecular complexity index is 908. The first-order valence-corrected chi connectivity index (χ1v) is 9.50. The van der Waals surface area contributed by atoms with Gasteiger partial charge in [0.1, 0.15) is 5.82 Å². The van der Waals surface area contributed by atoms with Crippen molar-refractivity contribution in [2.75, 3.05) is 13.1 Å². The van der Waals surface area contributed by atoms with Crippen molar-refractivity contribution in [1.29, 1.82) is 0 Å². The van der Waals surface area contributed by atoms with E-state index in [-0.39, 0.29) is 17.7 Å². The van der Waals surface area contributed by atoms with Crippen LogP contribution in [-0.2, 0) is 9.59 Å². The number of amides is 2. The Kier molecular flexibility index (Phi) is 6.26. The van der Waals surface area contributed by atoms with Gasteiger partial charge >= 0.3 is 5.97 Å². The number of nitrogens with one attached hydrogen (secondary N) is 1. The largest absolute Gasteiger partial charge is 0.479 e. The van der Waals surface area contributed by atoms with Crippen LogP contribution >= 0.6 is 0 Å². The van der Waals surface area contributed by atoms with Crippen LogP contribution in [0, 0.1) is 18.7 Å². The Morgan fingerprint density at radius 2 is 1.76 bits per heavy atom. The van der Waals surface area contributed by atoms with Gasteiger partial charge in [-0.3, -0.25) is 9.59 Å². The average Bonchev–Trinajstić information content (AvgIpc) is 2.74. The zero-order chi connectivity index (χ0) is 21.0. The van der Waals surface area contributed by atoms with Crippen molar-refractivity contribution in [2.24, 2.45) is 5.92 Å². The number of carbonyl (C=O) groups is 3. The highest BCUT2D eigenvalue weighted by Crippen LogP contribution is 2.22. The molecule has 1 aliphatic rings. The second-order valence-electron chi connectivity index (χ2n) is 7.22. The minimum atomic E-state index is -1.24. The zero-order valence-corrected chi connectivity index (χ0v) is 16.1. The van der Waals surface area contributed by atoms with Gasteiger partial charge in [-0.15, -0.1) is 0 Å². The Hall–Kier alpha value is -3.22. The van der Waals surface area contributed by atoms with E-state index in [4.69, 9.17) is 0 Å². The molecule has 29 heavy (non-hydrogen) atoms. The zero-order valence-electron chi connectivity index (χ0n) is 16.1. The van der Waals surface area contributed by atoms with Crippen LogP contribution in [0.5, 0.6) is 0 Å². The smallest absolute Gasteiger partial charge is 0.330 e. The number of halogens is 1. The number of carbonyl (C=O) groups excluding carboxylic acids is 2. The van der Waals surface area contributed by atoms with Gasteiger partial charge in [0.2, 0.25) is 5.91 Å². The van der Waals surface area contributed by atoms with Gasteiger partial charge in [-0.25, -0.2) is 9.18 Å². The molecular formula is C22H23FN2O4. The maximum atomic E-state index is 13.5. The quantitative estimate of drug-likeness (QED) is 0.811. The first-order chi connectivity index (χ1) is 13.9. The van der Waals surface area contributed by atoms with Crippen molar-refractivity contribution in [3.63, 3.8) is 0 Å². The topological polar surface area (TPSA) is 86.7 Å². The molecule has 6 nitrogen and oxygen atoms in total. The standard InChI is InChI=1S/C22H23FN2O4/c1-14-13-17(7-8-18(14)23)19(22(28)29)24-20(26)15-9-11-25(12-10-15)21(27)16-5-3-2-4-6-16/h2-8,13,15,19H,9-12H2,1H3,(H,24,26)(H,28,29). The third-order valence-corrected chi connectivity index (χ3v) is 5.22. The number of hydrogen-bond donors (Lipinski definition) is 2. The average molecular weight is 398 g/mol. The summed E-state index contributed by atoms with van der Waals surface area (Å²) in [4.78, 5) is 38.5. The molecule has 2 N–H and O–H groups in total. The number of aliphatic carboxylic acids is 1. The molecule has 0 saturated carbocycles. The highest BCUT2D eigenvalue weighted by atomic mass is 19.1. The predicted octanol–water partition coefficient (Wildman–Crippen LogP) is 2.93. The maximum Gasteiger partial charge on any atom is 0.330 e. The molecule has 1 fully saturated rings. The van der Waals surface area contributed by atoms with Crippen LogP contribution in [0.1, 0.15) is 40.4 Å². The van der Waals surface area contributed by atoms with Crippen LogP contribution < -0.4 is 5.32 Å². The molecular weight excluding hydrogens is 375 g/mol. The minimum Gasteiger partial charge on any atom is -0.479 e. The molecule has 0 bridgehead atoms. The van der Waals surface area contributed by atoms with E-state index in [0.29, 0.717) is 42.6 Å². The molecule has 0 spiro atoms. The molecule has 152 valence electrons. The molecule has 2 aromatic carbocycles. The van der Waals surface area contributed by atoms with Crippen LogP contribution in [0.4, 0.5) is 4.39 Å². The lowest BCUT2D eigenvalue weighted by atomic mass is 9.94. The van der Waals surface area contributed by atoms with E-state index < -0.39 is 17.8 Å². The molecule has 2 amide bonds. The van der Waals surface area contributed by atoms with Crippen LogP contribution in [0.25, 0.3) is 0 Å². The fourth-order valence-corrected chi connectivity index (χ4v) is 3.50. The third kappa shape index (κ3) is 4.80. The summed E-state index contributed by atoms with van der Waals surface area (Å²) >= 11 is 0. The minimum absolute atomic E-state index is 0.0744. The predicted molar refractivity (Wildman–Crippen MR) is 105 cm³/mol. The Morgan fingerprint density at radius 1 is 1.10 bits per heavy atom. The Balaban J connectivity index is 1.61. The first kappa shape index (κ1) is 20.5. The number of benzene rings is 2. The summed E-state index contributed by atoms with van der Waals surface area (Å²) in [6.45, 7) is 2.40. The summed E-state index contributed by atoms with van der Waals surface area (Å²) in [6, 6.07) is 11.7. The van der Waals surface area contributed by atoms with Crippen LogP contribution in [-0.4, -0.2) is 40.9 Å². The van der Waals surface area contributed by atoms with E-state index in [0.717, 1.165) is 0 Å².